The van der Waals surface area contributed by atoms with Crippen molar-refractivity contribution < 1.29 is 8.42 Å². The molecule has 0 bridgehead atoms. The molecule has 5 nitrogen and oxygen atoms in total. The van der Waals surface area contributed by atoms with Crippen LogP contribution in [-0.2, 0) is 23.1 Å². The first kappa shape index (κ1) is 19.4. The predicted molar refractivity (Wildman–Crippen MR) is 98.7 cm³/mol. The van der Waals surface area contributed by atoms with Gasteiger partial charge in [0.15, 0.2) is 0 Å². The summed E-state index contributed by atoms with van der Waals surface area (Å²) >= 11 is 5.84. The summed E-state index contributed by atoms with van der Waals surface area (Å²) < 4.78 is 26.8. The summed E-state index contributed by atoms with van der Waals surface area (Å²) in [6.07, 6.45) is 0. The molecule has 7 heteroatoms. The van der Waals surface area contributed by atoms with Gasteiger partial charge in [0, 0.05) is 25.2 Å². The van der Waals surface area contributed by atoms with Gasteiger partial charge in [0.25, 0.3) is 0 Å². The summed E-state index contributed by atoms with van der Waals surface area (Å²) in [4.78, 5) is 2.03. The molecule has 0 aromatic heterocycles. The van der Waals surface area contributed by atoms with E-state index in [1.807, 2.05) is 44.4 Å². The molecule has 2 aromatic rings. The number of sulfonamides is 1. The van der Waals surface area contributed by atoms with Crippen molar-refractivity contribution in [3.05, 3.63) is 64.2 Å². The normalized spacial score (nSPS) is 11.7. The molecule has 0 aliphatic rings. The molecule has 2 aromatic carbocycles. The van der Waals surface area contributed by atoms with Gasteiger partial charge < -0.3 is 4.90 Å². The summed E-state index contributed by atoms with van der Waals surface area (Å²) in [5, 5.41) is 9.51. The number of hydrogen-bond donors (Lipinski definition) is 0. The Morgan fingerprint density at radius 1 is 1.00 bits per heavy atom. The van der Waals surface area contributed by atoms with E-state index in [0.29, 0.717) is 5.02 Å². The van der Waals surface area contributed by atoms with E-state index < -0.39 is 10.0 Å². The number of hydrogen-bond acceptors (Lipinski definition) is 4. The largest absolute Gasteiger partial charge is 0.305 e. The highest BCUT2D eigenvalue weighted by molar-refractivity contribution is 7.89. The van der Waals surface area contributed by atoms with E-state index in [2.05, 4.69) is 4.90 Å². The number of benzene rings is 2. The summed E-state index contributed by atoms with van der Waals surface area (Å²) in [6, 6.07) is 13.9. The molecular formula is C18H20ClN3O2S. The average molecular weight is 378 g/mol. The molecule has 0 N–H and O–H groups in total. The standard InChI is InChI=1S/C18H20ClN3O2S/c1-21(2)12-14-4-6-15(7-5-14)13-22(3)25(23,24)18-9-8-17(19)10-16(18)11-20/h4-10H,12-13H2,1-3H3. The van der Waals surface area contributed by atoms with Crippen molar-refractivity contribution in [2.45, 2.75) is 18.0 Å². The summed E-state index contributed by atoms with van der Waals surface area (Å²) in [7, 11) is 1.70. The van der Waals surface area contributed by atoms with Gasteiger partial charge in [-0.25, -0.2) is 8.42 Å². The molecule has 0 spiro atoms. The molecule has 25 heavy (non-hydrogen) atoms. The minimum Gasteiger partial charge on any atom is -0.305 e. The Balaban J connectivity index is 2.22. The highest BCUT2D eigenvalue weighted by Gasteiger charge is 2.24. The van der Waals surface area contributed by atoms with Gasteiger partial charge in [-0.2, -0.15) is 9.57 Å². The number of rotatable bonds is 6. The zero-order valence-electron chi connectivity index (χ0n) is 14.4. The third-order valence-electron chi connectivity index (χ3n) is 3.68. The van der Waals surface area contributed by atoms with Crippen molar-refractivity contribution in [3.63, 3.8) is 0 Å². The maximum Gasteiger partial charge on any atom is 0.244 e. The van der Waals surface area contributed by atoms with Crippen molar-refractivity contribution in [2.24, 2.45) is 0 Å². The van der Waals surface area contributed by atoms with Gasteiger partial charge in [0.2, 0.25) is 10.0 Å². The Morgan fingerprint density at radius 3 is 2.08 bits per heavy atom. The highest BCUT2D eigenvalue weighted by Crippen LogP contribution is 2.23. The molecular weight excluding hydrogens is 358 g/mol. The quantitative estimate of drug-likeness (QED) is 0.775. The lowest BCUT2D eigenvalue weighted by molar-refractivity contribution is 0.402. The molecule has 0 unspecified atom stereocenters. The van der Waals surface area contributed by atoms with Gasteiger partial charge >= 0.3 is 0 Å². The van der Waals surface area contributed by atoms with Gasteiger partial charge in [-0.15, -0.1) is 0 Å². The summed E-state index contributed by atoms with van der Waals surface area (Å²) in [5.41, 5.74) is 2.07. The zero-order chi connectivity index (χ0) is 18.6. The lowest BCUT2D eigenvalue weighted by Crippen LogP contribution is -2.27. The Labute approximate surface area is 154 Å². The third-order valence-corrected chi connectivity index (χ3v) is 5.77. The summed E-state index contributed by atoms with van der Waals surface area (Å²) in [6.45, 7) is 1.04. The van der Waals surface area contributed by atoms with Crippen molar-refractivity contribution in [1.29, 1.82) is 5.26 Å². The minimum absolute atomic E-state index is 0.0360. The molecule has 0 amide bonds. The van der Waals surface area contributed by atoms with Gasteiger partial charge in [-0.1, -0.05) is 35.9 Å². The maximum atomic E-state index is 12.8. The topological polar surface area (TPSA) is 64.4 Å². The molecule has 0 saturated carbocycles. The number of nitriles is 1. The van der Waals surface area contributed by atoms with E-state index >= 15 is 0 Å². The second-order valence-electron chi connectivity index (χ2n) is 6.07. The van der Waals surface area contributed by atoms with E-state index in [0.717, 1.165) is 17.7 Å². The molecule has 0 atom stereocenters. The van der Waals surface area contributed by atoms with Gasteiger partial charge in [0.1, 0.15) is 11.0 Å². The Bertz CT molecular complexity index is 888. The van der Waals surface area contributed by atoms with E-state index in [-0.39, 0.29) is 17.0 Å². The van der Waals surface area contributed by atoms with E-state index in [1.165, 1.54) is 29.6 Å². The lowest BCUT2D eigenvalue weighted by Gasteiger charge is -2.18. The van der Waals surface area contributed by atoms with Crippen LogP contribution in [0.1, 0.15) is 16.7 Å². The van der Waals surface area contributed by atoms with Gasteiger partial charge in [-0.05, 0) is 43.4 Å². The van der Waals surface area contributed by atoms with Crippen LogP contribution in [-0.4, -0.2) is 38.8 Å². The first-order chi connectivity index (χ1) is 11.7. The molecule has 0 heterocycles. The van der Waals surface area contributed by atoms with Crippen molar-refractivity contribution in [3.8, 4) is 6.07 Å². The fourth-order valence-corrected chi connectivity index (χ4v) is 3.89. The number of nitrogens with zero attached hydrogens (tertiary/aromatic N) is 3. The van der Waals surface area contributed by atoms with Crippen LogP contribution in [0.15, 0.2) is 47.4 Å². The van der Waals surface area contributed by atoms with Crippen LogP contribution >= 0.6 is 11.6 Å². The second-order valence-corrected chi connectivity index (χ2v) is 8.52. The SMILES string of the molecule is CN(C)Cc1ccc(CN(C)S(=O)(=O)c2ccc(Cl)cc2C#N)cc1. The molecule has 0 saturated heterocycles. The van der Waals surface area contributed by atoms with Crippen LogP contribution in [0.2, 0.25) is 5.02 Å². The highest BCUT2D eigenvalue weighted by atomic mass is 35.5. The Hall–Kier alpha value is -1.91. The minimum atomic E-state index is -3.78. The van der Waals surface area contributed by atoms with Crippen molar-refractivity contribution in [1.82, 2.24) is 9.21 Å². The van der Waals surface area contributed by atoms with Crippen LogP contribution in [0.25, 0.3) is 0 Å². The second kappa shape index (κ2) is 7.98. The molecule has 0 aliphatic carbocycles. The fraction of sp³-hybridized carbons (Fsp3) is 0.278. The summed E-state index contributed by atoms with van der Waals surface area (Å²) in [5.74, 6) is 0. The fourth-order valence-electron chi connectivity index (χ4n) is 2.44. The van der Waals surface area contributed by atoms with E-state index in [9.17, 15) is 13.7 Å². The van der Waals surface area contributed by atoms with Crippen molar-refractivity contribution >= 4 is 21.6 Å². The average Bonchev–Trinajstić information content (AvgIpc) is 2.55. The molecule has 2 rings (SSSR count). The van der Waals surface area contributed by atoms with Crippen LogP contribution in [0.4, 0.5) is 0 Å². The number of halogens is 1. The third kappa shape index (κ3) is 4.80. The lowest BCUT2D eigenvalue weighted by atomic mass is 10.1. The first-order valence-corrected chi connectivity index (χ1v) is 9.44. The van der Waals surface area contributed by atoms with Crippen LogP contribution in [0.5, 0.6) is 0 Å². The maximum absolute atomic E-state index is 12.8. The molecule has 0 fully saturated rings. The Kier molecular flexibility index (Phi) is 6.20. The Morgan fingerprint density at radius 2 is 1.56 bits per heavy atom. The molecule has 132 valence electrons. The van der Waals surface area contributed by atoms with Crippen LogP contribution in [0.3, 0.4) is 0 Å². The van der Waals surface area contributed by atoms with Crippen LogP contribution < -0.4 is 0 Å². The predicted octanol–water partition coefficient (Wildman–Crippen LogP) is 3.09. The van der Waals surface area contributed by atoms with Crippen molar-refractivity contribution in [2.75, 3.05) is 21.1 Å². The van der Waals surface area contributed by atoms with E-state index in [1.54, 1.807) is 0 Å². The first-order valence-electron chi connectivity index (χ1n) is 7.62. The van der Waals surface area contributed by atoms with E-state index in [4.69, 9.17) is 11.6 Å². The monoisotopic (exact) mass is 377 g/mol. The smallest absolute Gasteiger partial charge is 0.244 e. The zero-order valence-corrected chi connectivity index (χ0v) is 16.0. The van der Waals surface area contributed by atoms with Gasteiger partial charge in [-0.3, -0.25) is 0 Å². The molecule has 0 aliphatic heterocycles. The van der Waals surface area contributed by atoms with Gasteiger partial charge in [0.05, 0.1) is 5.56 Å². The molecule has 0 radical (unpaired) electrons. The van der Waals surface area contributed by atoms with Crippen LogP contribution in [0, 0.1) is 11.3 Å².